The molecule has 0 aromatic heterocycles. The van der Waals surface area contributed by atoms with E-state index in [1.807, 2.05) is 0 Å². The van der Waals surface area contributed by atoms with Crippen molar-refractivity contribution in [2.24, 2.45) is 5.92 Å². The molecule has 0 aliphatic heterocycles. The summed E-state index contributed by atoms with van der Waals surface area (Å²) in [6, 6.07) is 0. The molecule has 0 saturated heterocycles. The molecule has 9 heavy (non-hydrogen) atoms. The van der Waals surface area contributed by atoms with E-state index in [0.29, 0.717) is 0 Å². The Balaban J connectivity index is 2.00. The molecule has 0 amide bonds. The summed E-state index contributed by atoms with van der Waals surface area (Å²) in [6.45, 7) is 0. The van der Waals surface area contributed by atoms with Crippen molar-refractivity contribution in [3.8, 4) is 0 Å². The van der Waals surface area contributed by atoms with Crippen LogP contribution in [-0.2, 0) is 0 Å². The number of hydrogen-bond acceptors (Lipinski definition) is 0. The summed E-state index contributed by atoms with van der Waals surface area (Å²) in [5, 5.41) is 1.11. The molecule has 0 radical (unpaired) electrons. The molecule has 0 heterocycles. The maximum Gasteiger partial charge on any atom is 0.00659 e. The molecule has 0 N–H and O–H groups in total. The third-order valence-electron chi connectivity index (χ3n) is 1.83. The van der Waals surface area contributed by atoms with Gasteiger partial charge in [0, 0.05) is 5.33 Å². The minimum Gasteiger partial charge on any atom is -0.0925 e. The molecular weight excluding hydrogens is 176 g/mol. The third-order valence-corrected chi connectivity index (χ3v) is 2.29. The van der Waals surface area contributed by atoms with Crippen molar-refractivity contribution in [1.82, 2.24) is 0 Å². The first-order valence-electron chi connectivity index (χ1n) is 3.66. The van der Waals surface area contributed by atoms with Crippen LogP contribution in [-0.4, -0.2) is 5.33 Å². The summed E-state index contributed by atoms with van der Waals surface area (Å²) in [4.78, 5) is 0. The molecule has 1 rings (SSSR count). The van der Waals surface area contributed by atoms with Gasteiger partial charge in [-0.15, -0.1) is 0 Å². The van der Waals surface area contributed by atoms with Crippen LogP contribution in [0, 0.1) is 5.92 Å². The van der Waals surface area contributed by atoms with Crippen LogP contribution in [0.15, 0.2) is 12.2 Å². The van der Waals surface area contributed by atoms with Gasteiger partial charge in [-0.3, -0.25) is 0 Å². The third kappa shape index (κ3) is 2.53. The van der Waals surface area contributed by atoms with Crippen molar-refractivity contribution in [2.75, 3.05) is 5.33 Å². The van der Waals surface area contributed by atoms with Crippen molar-refractivity contribution in [3.63, 3.8) is 0 Å². The molecule has 0 nitrogen and oxygen atoms in total. The fourth-order valence-corrected chi connectivity index (χ4v) is 1.25. The molecule has 52 valence electrons. The fraction of sp³-hybridized carbons (Fsp3) is 0.750. The molecule has 1 heteroatoms. The van der Waals surface area contributed by atoms with E-state index in [9.17, 15) is 0 Å². The Hall–Kier alpha value is 0.220. The highest BCUT2D eigenvalue weighted by Gasteiger charge is 2.12. The Bertz CT molecular complexity index is 92.7. The molecular formula is C8H13Br. The van der Waals surface area contributed by atoms with Crippen LogP contribution < -0.4 is 0 Å². The summed E-state index contributed by atoms with van der Waals surface area (Å²) in [5.74, 6) is 0.934. The highest BCUT2D eigenvalue weighted by atomic mass is 79.9. The van der Waals surface area contributed by atoms with Crippen LogP contribution in [0.25, 0.3) is 0 Å². The van der Waals surface area contributed by atoms with Gasteiger partial charge in [-0.25, -0.2) is 0 Å². The lowest BCUT2D eigenvalue weighted by Crippen LogP contribution is -2.06. The Labute approximate surface area is 65.5 Å². The summed E-state index contributed by atoms with van der Waals surface area (Å²) in [5.41, 5.74) is 0. The maximum absolute atomic E-state index is 3.39. The van der Waals surface area contributed by atoms with Gasteiger partial charge in [0.05, 0.1) is 0 Å². The zero-order valence-corrected chi connectivity index (χ0v) is 7.23. The zero-order valence-electron chi connectivity index (χ0n) is 5.65. The van der Waals surface area contributed by atoms with Crippen molar-refractivity contribution in [2.45, 2.75) is 25.7 Å². The summed E-state index contributed by atoms with van der Waals surface area (Å²) < 4.78 is 0. The largest absolute Gasteiger partial charge is 0.0925 e. The van der Waals surface area contributed by atoms with Crippen LogP contribution in [0.1, 0.15) is 25.7 Å². The summed E-state index contributed by atoms with van der Waals surface area (Å²) >= 11 is 3.39. The SMILES string of the molecule is BrCC/C=C/C1CCC1. The van der Waals surface area contributed by atoms with Gasteiger partial charge in [-0.05, 0) is 25.2 Å². The highest BCUT2D eigenvalue weighted by Crippen LogP contribution is 2.27. The molecule has 1 aliphatic carbocycles. The average Bonchev–Trinajstić information content (AvgIpc) is 1.76. The van der Waals surface area contributed by atoms with Gasteiger partial charge in [0.1, 0.15) is 0 Å². The van der Waals surface area contributed by atoms with E-state index in [1.54, 1.807) is 0 Å². The van der Waals surface area contributed by atoms with Gasteiger partial charge >= 0.3 is 0 Å². The Kier molecular flexibility index (Phi) is 3.34. The monoisotopic (exact) mass is 188 g/mol. The van der Waals surface area contributed by atoms with E-state index in [0.717, 1.165) is 11.2 Å². The van der Waals surface area contributed by atoms with E-state index in [4.69, 9.17) is 0 Å². The Morgan fingerprint density at radius 1 is 1.44 bits per heavy atom. The Morgan fingerprint density at radius 2 is 2.22 bits per heavy atom. The topological polar surface area (TPSA) is 0 Å². The quantitative estimate of drug-likeness (QED) is 0.472. The minimum atomic E-state index is 0.934. The fourth-order valence-electron chi connectivity index (χ4n) is 0.984. The molecule has 1 fully saturated rings. The van der Waals surface area contributed by atoms with Crippen LogP contribution in [0.2, 0.25) is 0 Å². The van der Waals surface area contributed by atoms with Gasteiger partial charge in [0.15, 0.2) is 0 Å². The van der Waals surface area contributed by atoms with E-state index in [1.165, 1.54) is 25.7 Å². The zero-order chi connectivity index (χ0) is 6.53. The van der Waals surface area contributed by atoms with E-state index in [-0.39, 0.29) is 0 Å². The van der Waals surface area contributed by atoms with Crippen molar-refractivity contribution < 1.29 is 0 Å². The van der Waals surface area contributed by atoms with Crippen molar-refractivity contribution in [1.29, 1.82) is 0 Å². The molecule has 0 aromatic carbocycles. The van der Waals surface area contributed by atoms with Crippen LogP contribution >= 0.6 is 15.9 Å². The van der Waals surface area contributed by atoms with Gasteiger partial charge < -0.3 is 0 Å². The minimum absolute atomic E-state index is 0.934. The molecule has 0 bridgehead atoms. The second-order valence-corrected chi connectivity index (χ2v) is 3.39. The molecule has 1 saturated carbocycles. The predicted octanol–water partition coefficient (Wildman–Crippen LogP) is 3.13. The van der Waals surface area contributed by atoms with Crippen molar-refractivity contribution >= 4 is 15.9 Å². The standard InChI is InChI=1S/C8H13Br/c9-7-2-1-4-8-5-3-6-8/h1,4,8H,2-3,5-7H2/b4-1+. The van der Waals surface area contributed by atoms with E-state index >= 15 is 0 Å². The van der Waals surface area contributed by atoms with Gasteiger partial charge in [-0.1, -0.05) is 34.5 Å². The van der Waals surface area contributed by atoms with Crippen LogP contribution in [0.5, 0.6) is 0 Å². The van der Waals surface area contributed by atoms with Gasteiger partial charge in [0.2, 0.25) is 0 Å². The van der Waals surface area contributed by atoms with Gasteiger partial charge in [0.25, 0.3) is 0 Å². The first-order valence-corrected chi connectivity index (χ1v) is 4.78. The molecule has 0 spiro atoms. The van der Waals surface area contributed by atoms with E-state index in [2.05, 4.69) is 28.1 Å². The maximum atomic E-state index is 3.39. The predicted molar refractivity (Wildman–Crippen MR) is 44.9 cm³/mol. The lowest BCUT2D eigenvalue weighted by Gasteiger charge is -2.21. The molecule has 0 atom stereocenters. The summed E-state index contributed by atoms with van der Waals surface area (Å²) in [6.07, 6.45) is 10.2. The van der Waals surface area contributed by atoms with Gasteiger partial charge in [-0.2, -0.15) is 0 Å². The molecule has 1 aliphatic rings. The first-order chi connectivity index (χ1) is 4.43. The lowest BCUT2D eigenvalue weighted by molar-refractivity contribution is 0.387. The van der Waals surface area contributed by atoms with Crippen LogP contribution in [0.3, 0.4) is 0 Å². The molecule has 0 aromatic rings. The number of alkyl halides is 1. The van der Waals surface area contributed by atoms with Crippen LogP contribution in [0.4, 0.5) is 0 Å². The number of rotatable bonds is 3. The highest BCUT2D eigenvalue weighted by molar-refractivity contribution is 9.09. The summed E-state index contributed by atoms with van der Waals surface area (Å²) in [7, 11) is 0. The average molecular weight is 189 g/mol. The number of hydrogen-bond donors (Lipinski definition) is 0. The lowest BCUT2D eigenvalue weighted by atomic mass is 9.85. The van der Waals surface area contributed by atoms with Crippen molar-refractivity contribution in [3.05, 3.63) is 12.2 Å². The number of allylic oxidation sites excluding steroid dienone is 2. The Morgan fingerprint density at radius 3 is 2.67 bits per heavy atom. The second kappa shape index (κ2) is 4.10. The van der Waals surface area contributed by atoms with E-state index < -0.39 is 0 Å². The molecule has 0 unspecified atom stereocenters. The smallest absolute Gasteiger partial charge is 0.00659 e. The number of halogens is 1. The first kappa shape index (κ1) is 7.33. The second-order valence-electron chi connectivity index (χ2n) is 2.60. The normalized spacial score (nSPS) is 20.6.